The zero-order chi connectivity index (χ0) is 27.1. The summed E-state index contributed by atoms with van der Waals surface area (Å²) in [7, 11) is -6.37. The molecule has 0 saturated heterocycles. The SMILES string of the molecule is COc1ccccc1CS(=O)(=O)CC(NS(C)(=O)=O)C(=O)NCCCCC(=O)c1nc2ccccc2o1. The molecule has 2 N–H and O–H groups in total. The van der Waals surface area contributed by atoms with Crippen molar-refractivity contribution >= 4 is 42.7 Å². The van der Waals surface area contributed by atoms with Crippen LogP contribution in [0.15, 0.2) is 52.9 Å². The number of sulfone groups is 1. The van der Waals surface area contributed by atoms with Crippen LogP contribution in [0.25, 0.3) is 11.1 Å². The molecule has 2 aromatic carbocycles. The van der Waals surface area contributed by atoms with Crippen LogP contribution in [0.3, 0.4) is 0 Å². The van der Waals surface area contributed by atoms with Crippen LogP contribution in [0, 0.1) is 0 Å². The number of ketones is 1. The molecule has 11 nitrogen and oxygen atoms in total. The quantitative estimate of drug-likeness (QED) is 0.225. The fraction of sp³-hybridized carbons (Fsp3) is 0.375. The van der Waals surface area contributed by atoms with Gasteiger partial charge in [-0.3, -0.25) is 9.59 Å². The minimum atomic E-state index is -3.90. The lowest BCUT2D eigenvalue weighted by Gasteiger charge is -2.18. The third kappa shape index (κ3) is 8.65. The molecule has 1 unspecified atom stereocenters. The monoisotopic (exact) mass is 551 g/mol. The highest BCUT2D eigenvalue weighted by Gasteiger charge is 2.29. The molecule has 0 radical (unpaired) electrons. The average Bonchev–Trinajstić information content (AvgIpc) is 3.27. The molecule has 0 aliphatic rings. The maximum absolute atomic E-state index is 12.8. The molecule has 0 bridgehead atoms. The molecule has 1 amide bonds. The maximum atomic E-state index is 12.8. The predicted molar refractivity (Wildman–Crippen MR) is 137 cm³/mol. The number of carbonyl (C=O) groups excluding carboxylic acids is 2. The Morgan fingerprint density at radius 1 is 1.03 bits per heavy atom. The van der Waals surface area contributed by atoms with Crippen molar-refractivity contribution in [1.29, 1.82) is 0 Å². The third-order valence-corrected chi connectivity index (χ3v) is 7.63. The van der Waals surface area contributed by atoms with Crippen molar-refractivity contribution in [2.75, 3.05) is 25.7 Å². The van der Waals surface area contributed by atoms with E-state index in [-0.39, 0.29) is 24.6 Å². The number of sulfonamides is 1. The second-order valence-electron chi connectivity index (χ2n) is 8.47. The summed E-state index contributed by atoms with van der Waals surface area (Å²) in [5.41, 5.74) is 1.50. The van der Waals surface area contributed by atoms with E-state index in [9.17, 15) is 26.4 Å². The molecule has 200 valence electrons. The normalized spacial score (nSPS) is 12.8. The topological polar surface area (TPSA) is 162 Å². The van der Waals surface area contributed by atoms with Gasteiger partial charge in [0.25, 0.3) is 5.89 Å². The van der Waals surface area contributed by atoms with Crippen LogP contribution >= 0.6 is 0 Å². The van der Waals surface area contributed by atoms with Gasteiger partial charge in [0.05, 0.1) is 24.9 Å². The number of rotatable bonds is 14. The number of nitrogens with one attached hydrogen (secondary N) is 2. The van der Waals surface area contributed by atoms with E-state index in [1.807, 2.05) is 0 Å². The Morgan fingerprint density at radius 3 is 2.43 bits per heavy atom. The van der Waals surface area contributed by atoms with E-state index in [0.717, 1.165) is 6.26 Å². The van der Waals surface area contributed by atoms with Crippen LogP contribution in [-0.2, 0) is 30.4 Å². The number of unbranched alkanes of at least 4 members (excludes halogenated alkanes) is 1. The van der Waals surface area contributed by atoms with Gasteiger partial charge in [-0.2, -0.15) is 0 Å². The summed E-state index contributed by atoms with van der Waals surface area (Å²) < 4.78 is 61.9. The van der Waals surface area contributed by atoms with Crippen LogP contribution in [0.1, 0.15) is 35.5 Å². The van der Waals surface area contributed by atoms with Gasteiger partial charge in [0.2, 0.25) is 21.7 Å². The summed E-state index contributed by atoms with van der Waals surface area (Å²) in [4.78, 5) is 29.2. The molecular weight excluding hydrogens is 522 g/mol. The van der Waals surface area contributed by atoms with Crippen molar-refractivity contribution in [2.45, 2.75) is 31.1 Å². The maximum Gasteiger partial charge on any atom is 0.264 e. The van der Waals surface area contributed by atoms with Gasteiger partial charge in [-0.1, -0.05) is 30.3 Å². The number of benzene rings is 2. The standard InChI is InChI=1S/C24H29N3O8S2/c1-34-21-12-5-3-9-17(21)15-37(32,33)16-19(27-36(2,30)31)23(29)25-14-8-7-11-20(28)24-26-18-10-4-6-13-22(18)35-24/h3-6,9-10,12-13,19,27H,7-8,11,14-16H2,1-2H3,(H,25,29). The van der Waals surface area contributed by atoms with E-state index in [4.69, 9.17) is 9.15 Å². The zero-order valence-electron chi connectivity index (χ0n) is 20.5. The Kier molecular flexibility index (Phi) is 9.40. The molecule has 3 aromatic rings. The summed E-state index contributed by atoms with van der Waals surface area (Å²) in [6, 6.07) is 12.0. The highest BCUT2D eigenvalue weighted by Crippen LogP contribution is 2.20. The van der Waals surface area contributed by atoms with E-state index in [2.05, 4.69) is 15.0 Å². The van der Waals surface area contributed by atoms with E-state index in [0.29, 0.717) is 35.3 Å². The van der Waals surface area contributed by atoms with E-state index in [1.165, 1.54) is 7.11 Å². The molecule has 1 aromatic heterocycles. The van der Waals surface area contributed by atoms with Crippen molar-refractivity contribution in [3.8, 4) is 5.75 Å². The molecule has 0 spiro atoms. The first kappa shape index (κ1) is 28.3. The fourth-order valence-electron chi connectivity index (χ4n) is 3.64. The van der Waals surface area contributed by atoms with Gasteiger partial charge in [-0.15, -0.1) is 0 Å². The number of ether oxygens (including phenoxy) is 1. The largest absolute Gasteiger partial charge is 0.496 e. The zero-order valence-corrected chi connectivity index (χ0v) is 22.1. The summed E-state index contributed by atoms with van der Waals surface area (Å²) in [5.74, 6) is -1.83. The summed E-state index contributed by atoms with van der Waals surface area (Å²) >= 11 is 0. The Balaban J connectivity index is 1.53. The molecule has 3 rings (SSSR count). The Morgan fingerprint density at radius 2 is 1.73 bits per heavy atom. The second-order valence-corrected chi connectivity index (χ2v) is 12.4. The molecule has 1 heterocycles. The van der Waals surface area contributed by atoms with Crippen molar-refractivity contribution < 1.29 is 35.6 Å². The Labute approximate surface area is 215 Å². The summed E-state index contributed by atoms with van der Waals surface area (Å²) in [5, 5.41) is 2.54. The van der Waals surface area contributed by atoms with Crippen molar-refractivity contribution in [2.24, 2.45) is 0 Å². The van der Waals surface area contributed by atoms with E-state index < -0.39 is 43.3 Å². The number of Topliss-reactive ketones (excluding diaryl/α,β-unsaturated/α-hetero) is 1. The number of methoxy groups -OCH3 is 1. The first-order valence-electron chi connectivity index (χ1n) is 11.4. The van der Waals surface area contributed by atoms with Crippen LogP contribution in [0.2, 0.25) is 0 Å². The van der Waals surface area contributed by atoms with Gasteiger partial charge in [-0.05, 0) is 31.0 Å². The van der Waals surface area contributed by atoms with Crippen molar-refractivity contribution in [3.63, 3.8) is 0 Å². The molecule has 37 heavy (non-hydrogen) atoms. The number of amides is 1. The minimum absolute atomic E-state index is 0.0166. The number of para-hydroxylation sites is 3. The first-order valence-corrected chi connectivity index (χ1v) is 15.1. The van der Waals surface area contributed by atoms with Gasteiger partial charge in [0.1, 0.15) is 17.3 Å². The van der Waals surface area contributed by atoms with Gasteiger partial charge < -0.3 is 14.5 Å². The first-order chi connectivity index (χ1) is 17.5. The van der Waals surface area contributed by atoms with Gasteiger partial charge in [0, 0.05) is 18.5 Å². The van der Waals surface area contributed by atoms with Crippen LogP contribution in [-0.4, -0.2) is 65.2 Å². The molecule has 0 saturated carbocycles. The number of fused-ring (bicyclic) bond motifs is 1. The van der Waals surface area contributed by atoms with Crippen LogP contribution < -0.4 is 14.8 Å². The molecule has 0 aliphatic heterocycles. The van der Waals surface area contributed by atoms with Gasteiger partial charge in [0.15, 0.2) is 15.4 Å². The van der Waals surface area contributed by atoms with E-state index in [1.54, 1.807) is 48.5 Å². The lowest BCUT2D eigenvalue weighted by molar-refractivity contribution is -0.122. The van der Waals surface area contributed by atoms with Gasteiger partial charge in [-0.25, -0.2) is 26.5 Å². The molecular formula is C24H29N3O8S2. The van der Waals surface area contributed by atoms with Crippen LogP contribution in [0.4, 0.5) is 0 Å². The van der Waals surface area contributed by atoms with Crippen LogP contribution in [0.5, 0.6) is 5.75 Å². The lowest BCUT2D eigenvalue weighted by Crippen LogP contribution is -2.50. The highest BCUT2D eigenvalue weighted by atomic mass is 32.2. The minimum Gasteiger partial charge on any atom is -0.496 e. The smallest absolute Gasteiger partial charge is 0.264 e. The number of carbonyl (C=O) groups is 2. The number of nitrogens with zero attached hydrogens (tertiary/aromatic N) is 1. The number of hydrogen-bond donors (Lipinski definition) is 2. The Bertz CT molecular complexity index is 1430. The van der Waals surface area contributed by atoms with E-state index >= 15 is 0 Å². The second kappa shape index (κ2) is 12.3. The molecule has 0 aliphatic carbocycles. The van der Waals surface area contributed by atoms with Crippen molar-refractivity contribution in [3.05, 3.63) is 60.0 Å². The lowest BCUT2D eigenvalue weighted by atomic mass is 10.1. The molecule has 1 atom stereocenters. The number of oxazole rings is 1. The predicted octanol–water partition coefficient (Wildman–Crippen LogP) is 1.84. The Hall–Kier alpha value is -3.29. The number of hydrogen-bond acceptors (Lipinski definition) is 9. The van der Waals surface area contributed by atoms with Gasteiger partial charge >= 0.3 is 0 Å². The third-order valence-electron chi connectivity index (χ3n) is 5.32. The summed E-state index contributed by atoms with van der Waals surface area (Å²) in [6.07, 6.45) is 1.80. The molecule has 0 fully saturated rings. The number of aromatic nitrogens is 1. The van der Waals surface area contributed by atoms with Crippen molar-refractivity contribution in [1.82, 2.24) is 15.0 Å². The average molecular weight is 552 g/mol. The summed E-state index contributed by atoms with van der Waals surface area (Å²) in [6.45, 7) is 0.119. The molecule has 13 heteroatoms. The fourth-order valence-corrected chi connectivity index (χ4v) is 6.02. The highest BCUT2D eigenvalue weighted by molar-refractivity contribution is 7.91.